The Kier molecular flexibility index (Phi) is 5.63. The van der Waals surface area contributed by atoms with Crippen LogP contribution in [0.2, 0.25) is 5.02 Å². The van der Waals surface area contributed by atoms with Crippen molar-refractivity contribution in [3.63, 3.8) is 0 Å². The molecule has 112 valence electrons. The third kappa shape index (κ3) is 5.27. The van der Waals surface area contributed by atoms with E-state index in [1.54, 1.807) is 42.5 Å². The molecule has 0 fully saturated rings. The molecule has 0 heterocycles. The average Bonchev–Trinajstić information content (AvgIpc) is 2.46. The van der Waals surface area contributed by atoms with Crippen molar-refractivity contribution in [2.75, 3.05) is 5.32 Å². The molecular formula is C16H12ClFN2OS. The number of hydrogen-bond acceptors (Lipinski definition) is 2. The minimum absolute atomic E-state index is 0.163. The van der Waals surface area contributed by atoms with E-state index < -0.39 is 0 Å². The number of carbonyl (C=O) groups excluding carboxylic acids is 1. The van der Waals surface area contributed by atoms with Gasteiger partial charge in [-0.1, -0.05) is 29.8 Å². The first-order valence-electron chi connectivity index (χ1n) is 6.34. The Morgan fingerprint density at radius 2 is 1.91 bits per heavy atom. The van der Waals surface area contributed by atoms with Crippen LogP contribution < -0.4 is 10.6 Å². The number of nitrogens with one attached hydrogen (secondary N) is 2. The van der Waals surface area contributed by atoms with E-state index in [2.05, 4.69) is 10.6 Å². The summed E-state index contributed by atoms with van der Waals surface area (Å²) in [5.41, 5.74) is 1.39. The summed E-state index contributed by atoms with van der Waals surface area (Å²) in [6, 6.07) is 12.8. The van der Waals surface area contributed by atoms with Gasteiger partial charge in [0.25, 0.3) is 0 Å². The van der Waals surface area contributed by atoms with Gasteiger partial charge in [-0.15, -0.1) is 0 Å². The van der Waals surface area contributed by atoms with E-state index in [0.29, 0.717) is 16.3 Å². The fourth-order valence-electron chi connectivity index (χ4n) is 1.63. The number of carbonyl (C=O) groups is 1. The summed E-state index contributed by atoms with van der Waals surface area (Å²) in [6.07, 6.45) is 2.88. The quantitative estimate of drug-likeness (QED) is 0.658. The average molecular weight is 335 g/mol. The third-order valence-corrected chi connectivity index (χ3v) is 3.06. The molecule has 0 aliphatic rings. The predicted octanol–water partition coefficient (Wildman–Crippen LogP) is 4.01. The van der Waals surface area contributed by atoms with E-state index in [0.717, 1.165) is 0 Å². The third-order valence-electron chi connectivity index (χ3n) is 2.62. The van der Waals surface area contributed by atoms with Crippen LogP contribution in [0, 0.1) is 5.82 Å². The molecule has 3 nitrogen and oxygen atoms in total. The van der Waals surface area contributed by atoms with Crippen LogP contribution in [0.5, 0.6) is 0 Å². The van der Waals surface area contributed by atoms with Crippen LogP contribution in [-0.4, -0.2) is 11.0 Å². The van der Waals surface area contributed by atoms with Gasteiger partial charge in [-0.3, -0.25) is 10.1 Å². The fourth-order valence-corrected chi connectivity index (χ4v) is 2.04. The highest BCUT2D eigenvalue weighted by atomic mass is 35.5. The van der Waals surface area contributed by atoms with Gasteiger partial charge in [0.1, 0.15) is 5.82 Å². The van der Waals surface area contributed by atoms with Gasteiger partial charge in [0.15, 0.2) is 5.11 Å². The summed E-state index contributed by atoms with van der Waals surface area (Å²) in [5.74, 6) is -0.711. The van der Waals surface area contributed by atoms with E-state index in [9.17, 15) is 9.18 Å². The summed E-state index contributed by atoms with van der Waals surface area (Å²) in [6.45, 7) is 0. The second-order valence-electron chi connectivity index (χ2n) is 4.34. The standard InChI is InChI=1S/C16H12ClFN2OS/c17-12-2-1-3-14(10-12)19-16(22)20-15(21)9-6-11-4-7-13(18)8-5-11/h1-10H,(H2,19,20,21,22). The normalized spacial score (nSPS) is 10.5. The molecule has 0 aromatic heterocycles. The van der Waals surface area contributed by atoms with Crippen molar-refractivity contribution in [3.05, 3.63) is 71.0 Å². The predicted molar refractivity (Wildman–Crippen MR) is 91.2 cm³/mol. The van der Waals surface area contributed by atoms with Crippen molar-refractivity contribution in [2.24, 2.45) is 0 Å². The Morgan fingerprint density at radius 1 is 1.18 bits per heavy atom. The minimum Gasteiger partial charge on any atom is -0.332 e. The van der Waals surface area contributed by atoms with E-state index in [4.69, 9.17) is 23.8 Å². The van der Waals surface area contributed by atoms with Crippen LogP contribution in [0.3, 0.4) is 0 Å². The summed E-state index contributed by atoms with van der Waals surface area (Å²) < 4.78 is 12.8. The number of rotatable bonds is 3. The molecule has 0 aliphatic heterocycles. The largest absolute Gasteiger partial charge is 0.332 e. The maximum atomic E-state index is 12.8. The molecule has 2 aromatic carbocycles. The molecule has 6 heteroatoms. The highest BCUT2D eigenvalue weighted by molar-refractivity contribution is 7.80. The first-order chi connectivity index (χ1) is 10.5. The van der Waals surface area contributed by atoms with Gasteiger partial charge >= 0.3 is 0 Å². The fraction of sp³-hybridized carbons (Fsp3) is 0. The molecule has 0 aliphatic carbocycles. The Balaban J connectivity index is 1.88. The maximum absolute atomic E-state index is 12.8. The van der Waals surface area contributed by atoms with E-state index in [-0.39, 0.29) is 16.8 Å². The number of hydrogen-bond donors (Lipinski definition) is 2. The molecular weight excluding hydrogens is 323 g/mol. The number of halogens is 2. The zero-order chi connectivity index (χ0) is 15.9. The molecule has 2 aromatic rings. The van der Waals surface area contributed by atoms with Gasteiger partial charge < -0.3 is 5.32 Å². The summed E-state index contributed by atoms with van der Waals surface area (Å²) in [5, 5.41) is 6.09. The van der Waals surface area contributed by atoms with Crippen molar-refractivity contribution >= 4 is 46.6 Å². The van der Waals surface area contributed by atoms with Gasteiger partial charge in [-0.25, -0.2) is 4.39 Å². The summed E-state index contributed by atoms with van der Waals surface area (Å²) in [4.78, 5) is 11.7. The molecule has 0 saturated heterocycles. The Hall–Kier alpha value is -2.24. The van der Waals surface area contributed by atoms with Crippen molar-refractivity contribution in [1.82, 2.24) is 5.32 Å². The smallest absolute Gasteiger partial charge is 0.250 e. The molecule has 0 atom stereocenters. The number of amides is 1. The molecule has 2 rings (SSSR count). The zero-order valence-corrected chi connectivity index (χ0v) is 12.9. The molecule has 0 radical (unpaired) electrons. The molecule has 0 spiro atoms. The van der Waals surface area contributed by atoms with E-state index in [1.165, 1.54) is 18.2 Å². The van der Waals surface area contributed by atoms with Gasteiger partial charge in [-0.2, -0.15) is 0 Å². The lowest BCUT2D eigenvalue weighted by Gasteiger charge is -2.08. The maximum Gasteiger partial charge on any atom is 0.250 e. The van der Waals surface area contributed by atoms with Crippen LogP contribution in [0.25, 0.3) is 6.08 Å². The SMILES string of the molecule is O=C(C=Cc1ccc(F)cc1)NC(=S)Nc1cccc(Cl)c1. The monoisotopic (exact) mass is 334 g/mol. The first kappa shape index (κ1) is 16.1. The number of thiocarbonyl (C=S) groups is 1. The lowest BCUT2D eigenvalue weighted by molar-refractivity contribution is -0.115. The van der Waals surface area contributed by atoms with Crippen LogP contribution in [-0.2, 0) is 4.79 Å². The lowest BCUT2D eigenvalue weighted by Crippen LogP contribution is -2.32. The highest BCUT2D eigenvalue weighted by Gasteiger charge is 2.02. The first-order valence-corrected chi connectivity index (χ1v) is 7.13. The Labute approximate surface area is 137 Å². The van der Waals surface area contributed by atoms with Crippen LogP contribution >= 0.6 is 23.8 Å². The number of benzene rings is 2. The summed E-state index contributed by atoms with van der Waals surface area (Å²) in [7, 11) is 0. The van der Waals surface area contributed by atoms with Crippen molar-refractivity contribution in [3.8, 4) is 0 Å². The van der Waals surface area contributed by atoms with E-state index in [1.807, 2.05) is 0 Å². The summed E-state index contributed by atoms with van der Waals surface area (Å²) >= 11 is 10.9. The lowest BCUT2D eigenvalue weighted by atomic mass is 10.2. The Bertz CT molecular complexity index is 716. The van der Waals surface area contributed by atoms with Crippen molar-refractivity contribution in [1.29, 1.82) is 0 Å². The molecule has 0 bridgehead atoms. The molecule has 1 amide bonds. The van der Waals surface area contributed by atoms with Gasteiger partial charge in [0.05, 0.1) is 0 Å². The van der Waals surface area contributed by atoms with Gasteiger partial charge in [-0.05, 0) is 54.2 Å². The van der Waals surface area contributed by atoms with Gasteiger partial charge in [0, 0.05) is 16.8 Å². The Morgan fingerprint density at radius 3 is 2.59 bits per heavy atom. The van der Waals surface area contributed by atoms with Crippen molar-refractivity contribution in [2.45, 2.75) is 0 Å². The van der Waals surface area contributed by atoms with Crippen LogP contribution in [0.4, 0.5) is 10.1 Å². The second kappa shape index (κ2) is 7.68. The minimum atomic E-state index is -0.385. The molecule has 0 saturated carbocycles. The van der Waals surface area contributed by atoms with Crippen LogP contribution in [0.1, 0.15) is 5.56 Å². The second-order valence-corrected chi connectivity index (χ2v) is 5.18. The zero-order valence-electron chi connectivity index (χ0n) is 11.3. The van der Waals surface area contributed by atoms with Crippen molar-refractivity contribution < 1.29 is 9.18 Å². The number of anilines is 1. The highest BCUT2D eigenvalue weighted by Crippen LogP contribution is 2.14. The molecule has 2 N–H and O–H groups in total. The van der Waals surface area contributed by atoms with Gasteiger partial charge in [0.2, 0.25) is 5.91 Å². The molecule has 22 heavy (non-hydrogen) atoms. The van der Waals surface area contributed by atoms with Crippen LogP contribution in [0.15, 0.2) is 54.6 Å². The van der Waals surface area contributed by atoms with E-state index >= 15 is 0 Å². The molecule has 0 unspecified atom stereocenters. The topological polar surface area (TPSA) is 41.1 Å².